The number of esters is 1. The fourth-order valence-corrected chi connectivity index (χ4v) is 2.72. The molecule has 1 fully saturated rings. The zero-order chi connectivity index (χ0) is 18.9. The predicted molar refractivity (Wildman–Crippen MR) is 96.2 cm³/mol. The topological polar surface area (TPSA) is 91.7 Å². The molecule has 0 unspecified atom stereocenters. The van der Waals surface area contributed by atoms with Gasteiger partial charge in [-0.15, -0.1) is 0 Å². The van der Waals surface area contributed by atoms with Crippen LogP contribution >= 0.6 is 0 Å². The molecule has 1 aliphatic rings. The van der Waals surface area contributed by atoms with Gasteiger partial charge in [0.25, 0.3) is 5.91 Å². The quantitative estimate of drug-likeness (QED) is 0.477. The van der Waals surface area contributed by atoms with Gasteiger partial charge in [0, 0.05) is 25.0 Å². The third-order valence-corrected chi connectivity index (χ3v) is 4.17. The van der Waals surface area contributed by atoms with Gasteiger partial charge in [-0.05, 0) is 44.0 Å². The van der Waals surface area contributed by atoms with E-state index in [0.29, 0.717) is 44.0 Å². The summed E-state index contributed by atoms with van der Waals surface area (Å²) in [5.41, 5.74) is 0.605. The summed E-state index contributed by atoms with van der Waals surface area (Å²) in [6.07, 6.45) is 2.85. The first-order valence-corrected chi connectivity index (χ1v) is 8.55. The van der Waals surface area contributed by atoms with Crippen molar-refractivity contribution in [2.24, 2.45) is 5.92 Å². The fraction of sp³-hybridized carbons (Fsp3) is 0.421. The fourth-order valence-electron chi connectivity index (χ4n) is 2.72. The number of rotatable bonds is 6. The van der Waals surface area contributed by atoms with Crippen LogP contribution in [0.2, 0.25) is 0 Å². The summed E-state index contributed by atoms with van der Waals surface area (Å²) in [5, 5.41) is 12.0. The first-order valence-electron chi connectivity index (χ1n) is 8.55. The molecular weight excluding hydrogens is 334 g/mol. The van der Waals surface area contributed by atoms with E-state index in [2.05, 4.69) is 5.32 Å². The number of likely N-dealkylation sites (tertiary alicyclic amines) is 1. The van der Waals surface area contributed by atoms with Crippen molar-refractivity contribution in [3.63, 3.8) is 0 Å². The van der Waals surface area contributed by atoms with E-state index >= 15 is 0 Å². The largest absolute Gasteiger partial charge is 0.497 e. The van der Waals surface area contributed by atoms with Crippen LogP contribution < -0.4 is 10.1 Å². The van der Waals surface area contributed by atoms with Crippen LogP contribution in [0.1, 0.15) is 19.8 Å². The van der Waals surface area contributed by atoms with Crippen molar-refractivity contribution < 1.29 is 19.1 Å². The highest BCUT2D eigenvalue weighted by Gasteiger charge is 2.25. The molecule has 1 saturated heterocycles. The second-order valence-corrected chi connectivity index (χ2v) is 5.90. The van der Waals surface area contributed by atoms with Crippen LogP contribution in [0.3, 0.4) is 0 Å². The lowest BCUT2D eigenvalue weighted by Gasteiger charge is -2.30. The highest BCUT2D eigenvalue weighted by molar-refractivity contribution is 6.06. The third kappa shape index (κ3) is 5.24. The van der Waals surface area contributed by atoms with Gasteiger partial charge in [0.05, 0.1) is 19.6 Å². The minimum absolute atomic E-state index is 0.0235. The molecule has 7 nitrogen and oxygen atoms in total. The van der Waals surface area contributed by atoms with E-state index in [4.69, 9.17) is 9.47 Å². The lowest BCUT2D eigenvalue weighted by molar-refractivity contribution is -0.149. The molecule has 0 atom stereocenters. The minimum atomic E-state index is -0.467. The summed E-state index contributed by atoms with van der Waals surface area (Å²) in [4.78, 5) is 25.9. The van der Waals surface area contributed by atoms with Crippen LogP contribution in [0.4, 0.5) is 5.69 Å². The van der Waals surface area contributed by atoms with E-state index in [0.717, 1.165) is 0 Å². The Hall–Kier alpha value is -3.01. The number of benzene rings is 1. The van der Waals surface area contributed by atoms with E-state index in [9.17, 15) is 14.9 Å². The first-order chi connectivity index (χ1) is 12.6. The average Bonchev–Trinajstić information content (AvgIpc) is 2.67. The summed E-state index contributed by atoms with van der Waals surface area (Å²) >= 11 is 0. The Bertz CT molecular complexity index is 698. The Balaban J connectivity index is 1.94. The van der Waals surface area contributed by atoms with Crippen LogP contribution in [0.25, 0.3) is 0 Å². The molecule has 26 heavy (non-hydrogen) atoms. The molecule has 1 aromatic rings. The van der Waals surface area contributed by atoms with Gasteiger partial charge >= 0.3 is 5.97 Å². The summed E-state index contributed by atoms with van der Waals surface area (Å²) in [6.45, 7) is 3.37. The van der Waals surface area contributed by atoms with Gasteiger partial charge in [-0.1, -0.05) is 0 Å². The molecule has 2 rings (SSSR count). The number of nitrogens with zero attached hydrogens (tertiary/aromatic N) is 2. The van der Waals surface area contributed by atoms with Crippen molar-refractivity contribution in [3.05, 3.63) is 36.0 Å². The predicted octanol–water partition coefficient (Wildman–Crippen LogP) is 2.32. The summed E-state index contributed by atoms with van der Waals surface area (Å²) in [5.74, 6) is -0.0687. The van der Waals surface area contributed by atoms with E-state index < -0.39 is 5.91 Å². The number of carbonyl (C=O) groups excluding carboxylic acids is 2. The Labute approximate surface area is 153 Å². The lowest BCUT2D eigenvalue weighted by atomic mass is 9.97. The van der Waals surface area contributed by atoms with Gasteiger partial charge in [-0.2, -0.15) is 5.26 Å². The molecule has 0 aromatic heterocycles. The van der Waals surface area contributed by atoms with Crippen LogP contribution in [-0.2, 0) is 14.3 Å². The van der Waals surface area contributed by atoms with Crippen LogP contribution in [0, 0.1) is 17.2 Å². The van der Waals surface area contributed by atoms with Crippen molar-refractivity contribution >= 4 is 17.6 Å². The number of hydrogen-bond donors (Lipinski definition) is 1. The van der Waals surface area contributed by atoms with Gasteiger partial charge in [0.2, 0.25) is 0 Å². The van der Waals surface area contributed by atoms with Gasteiger partial charge in [0.15, 0.2) is 0 Å². The summed E-state index contributed by atoms with van der Waals surface area (Å²) in [7, 11) is 1.56. The van der Waals surface area contributed by atoms with Gasteiger partial charge in [-0.25, -0.2) is 0 Å². The zero-order valence-corrected chi connectivity index (χ0v) is 15.0. The second kappa shape index (κ2) is 9.47. The molecule has 0 aliphatic carbocycles. The number of amides is 1. The Kier molecular flexibility index (Phi) is 7.03. The molecule has 0 bridgehead atoms. The maximum Gasteiger partial charge on any atom is 0.309 e. The average molecular weight is 357 g/mol. The van der Waals surface area contributed by atoms with Crippen molar-refractivity contribution in [2.75, 3.05) is 32.1 Å². The summed E-state index contributed by atoms with van der Waals surface area (Å²) in [6, 6.07) is 8.80. The number of piperidine rings is 1. The van der Waals surface area contributed by atoms with Gasteiger partial charge < -0.3 is 19.7 Å². The number of methoxy groups -OCH3 is 1. The number of ether oxygens (including phenoxy) is 2. The number of carbonyl (C=O) groups is 2. The summed E-state index contributed by atoms with van der Waals surface area (Å²) < 4.78 is 10.1. The molecule has 0 radical (unpaired) electrons. The van der Waals surface area contributed by atoms with E-state index in [-0.39, 0.29) is 17.5 Å². The van der Waals surface area contributed by atoms with E-state index in [1.165, 1.54) is 0 Å². The molecule has 0 spiro atoms. The van der Waals surface area contributed by atoms with Crippen molar-refractivity contribution in [1.29, 1.82) is 5.26 Å². The van der Waals surface area contributed by atoms with E-state index in [1.807, 2.05) is 11.0 Å². The number of anilines is 1. The molecular formula is C19H23N3O4. The number of hydrogen-bond acceptors (Lipinski definition) is 6. The maximum absolute atomic E-state index is 12.3. The standard InChI is InChI=1S/C19H23N3O4/c1-3-26-19(24)14-8-10-22(11-9-14)13-15(12-20)18(23)21-16-4-6-17(25-2)7-5-16/h4-7,13-14H,3,8-11H2,1-2H3,(H,21,23)/b15-13-. The zero-order valence-electron chi connectivity index (χ0n) is 15.0. The highest BCUT2D eigenvalue weighted by atomic mass is 16.5. The first kappa shape index (κ1) is 19.3. The molecule has 0 saturated carbocycles. The monoisotopic (exact) mass is 357 g/mol. The van der Waals surface area contributed by atoms with Crippen molar-refractivity contribution in [2.45, 2.75) is 19.8 Å². The van der Waals surface area contributed by atoms with Crippen LogP contribution in [-0.4, -0.2) is 43.6 Å². The lowest BCUT2D eigenvalue weighted by Crippen LogP contribution is -2.34. The Morgan fingerprint density at radius 1 is 1.31 bits per heavy atom. The maximum atomic E-state index is 12.3. The SMILES string of the molecule is CCOC(=O)C1CCN(/C=C(/C#N)C(=O)Nc2ccc(OC)cc2)CC1. The molecule has 1 N–H and O–H groups in total. The molecule has 7 heteroatoms. The normalized spacial score (nSPS) is 15.1. The molecule has 1 amide bonds. The van der Waals surface area contributed by atoms with E-state index in [1.54, 1.807) is 44.5 Å². The number of nitriles is 1. The highest BCUT2D eigenvalue weighted by Crippen LogP contribution is 2.20. The van der Waals surface area contributed by atoms with Crippen LogP contribution in [0.5, 0.6) is 5.75 Å². The molecule has 1 aromatic carbocycles. The molecule has 1 heterocycles. The number of nitrogens with one attached hydrogen (secondary N) is 1. The van der Waals surface area contributed by atoms with Crippen LogP contribution in [0.15, 0.2) is 36.0 Å². The smallest absolute Gasteiger partial charge is 0.309 e. The second-order valence-electron chi connectivity index (χ2n) is 5.90. The molecule has 138 valence electrons. The van der Waals surface area contributed by atoms with Crippen molar-refractivity contribution in [3.8, 4) is 11.8 Å². The van der Waals surface area contributed by atoms with Gasteiger partial charge in [-0.3, -0.25) is 9.59 Å². The molecule has 1 aliphatic heterocycles. The Morgan fingerprint density at radius 3 is 2.50 bits per heavy atom. The van der Waals surface area contributed by atoms with Gasteiger partial charge in [0.1, 0.15) is 17.4 Å². The van der Waals surface area contributed by atoms with Crippen molar-refractivity contribution in [1.82, 2.24) is 4.90 Å². The third-order valence-electron chi connectivity index (χ3n) is 4.17. The Morgan fingerprint density at radius 2 is 1.96 bits per heavy atom. The minimum Gasteiger partial charge on any atom is -0.497 e.